The molecule has 1 fully saturated rings. The molecule has 2 heterocycles. The predicted molar refractivity (Wildman–Crippen MR) is 60.7 cm³/mol. The molecule has 17 heavy (non-hydrogen) atoms. The number of amides is 1. The number of carbonyl (C=O) groups excluding carboxylic acids is 1. The summed E-state index contributed by atoms with van der Waals surface area (Å²) in [4.78, 5) is 17.6. The van der Waals surface area contributed by atoms with Gasteiger partial charge in [-0.05, 0) is 13.1 Å². The smallest absolute Gasteiger partial charge is 0.268 e. The zero-order valence-corrected chi connectivity index (χ0v) is 9.69. The number of halogens is 1. The van der Waals surface area contributed by atoms with E-state index in [1.807, 2.05) is 12.1 Å². The number of nitrogens with zero attached hydrogens (tertiary/aromatic N) is 3. The maximum absolute atomic E-state index is 13.3. The number of piperazine rings is 1. The average Bonchev–Trinajstić information content (AvgIpc) is 2.32. The molecule has 5 nitrogen and oxygen atoms in total. The van der Waals surface area contributed by atoms with Crippen molar-refractivity contribution in [2.45, 2.75) is 0 Å². The van der Waals surface area contributed by atoms with E-state index in [9.17, 15) is 9.18 Å². The topological polar surface area (TPSA) is 48.5 Å². The van der Waals surface area contributed by atoms with Crippen molar-refractivity contribution < 1.29 is 9.18 Å². The number of nitrogens with one attached hydrogen (secondary N) is 1. The molecule has 0 radical (unpaired) electrons. The Kier molecular flexibility index (Phi) is 3.65. The molecule has 1 saturated heterocycles. The highest BCUT2D eigenvalue weighted by Gasteiger charge is 2.18. The molecule has 2 rings (SSSR count). The summed E-state index contributed by atoms with van der Waals surface area (Å²) in [5.74, 6) is -1.02. The summed E-state index contributed by atoms with van der Waals surface area (Å²) in [7, 11) is 2.03. The minimum Gasteiger partial charge on any atom is -0.304 e. The highest BCUT2D eigenvalue weighted by Crippen LogP contribution is 2.05. The molecule has 0 aliphatic carbocycles. The molecule has 0 spiro atoms. The van der Waals surface area contributed by atoms with Gasteiger partial charge in [-0.25, -0.2) is 9.40 Å². The molecule has 1 N–H and O–H groups in total. The van der Waals surface area contributed by atoms with Gasteiger partial charge in [-0.1, -0.05) is 0 Å². The second-order valence-corrected chi connectivity index (χ2v) is 4.09. The molecular formula is C11H15FN4O. The number of hydrogen-bond acceptors (Lipinski definition) is 4. The van der Waals surface area contributed by atoms with Crippen LogP contribution in [-0.2, 0) is 0 Å². The zero-order valence-electron chi connectivity index (χ0n) is 9.69. The Bertz CT molecular complexity index is 404. The molecule has 1 aliphatic heterocycles. The zero-order chi connectivity index (χ0) is 12.3. The van der Waals surface area contributed by atoms with Gasteiger partial charge in [0.1, 0.15) is 0 Å². The number of aromatic nitrogens is 1. The minimum atomic E-state index is -0.598. The lowest BCUT2D eigenvalue weighted by molar-refractivity contribution is 0.0658. The quantitative estimate of drug-likeness (QED) is 0.794. The summed E-state index contributed by atoms with van der Waals surface area (Å²) in [6, 6.07) is 1.38. The Hall–Kier alpha value is -1.53. The monoisotopic (exact) mass is 238 g/mol. The number of carbonyl (C=O) groups is 1. The van der Waals surface area contributed by atoms with Crippen molar-refractivity contribution in [1.29, 1.82) is 0 Å². The van der Waals surface area contributed by atoms with Gasteiger partial charge in [-0.15, -0.1) is 0 Å². The second-order valence-electron chi connectivity index (χ2n) is 4.09. The molecule has 1 aromatic rings. The van der Waals surface area contributed by atoms with Crippen LogP contribution in [0, 0.1) is 5.82 Å². The van der Waals surface area contributed by atoms with Gasteiger partial charge in [0.05, 0.1) is 11.8 Å². The molecule has 0 saturated carbocycles. The van der Waals surface area contributed by atoms with E-state index in [4.69, 9.17) is 0 Å². The Balaban J connectivity index is 1.96. The van der Waals surface area contributed by atoms with Gasteiger partial charge in [-0.2, -0.15) is 0 Å². The summed E-state index contributed by atoms with van der Waals surface area (Å²) in [6.45, 7) is 3.27. The first-order valence-corrected chi connectivity index (χ1v) is 5.51. The maximum atomic E-state index is 13.3. The number of likely N-dealkylation sites (N-methyl/N-ethyl adjacent to an activating group) is 1. The van der Waals surface area contributed by atoms with Gasteiger partial charge in [-0.3, -0.25) is 15.2 Å². The van der Waals surface area contributed by atoms with Gasteiger partial charge in [0, 0.05) is 32.4 Å². The van der Waals surface area contributed by atoms with Gasteiger partial charge >= 0.3 is 0 Å². The first-order valence-electron chi connectivity index (χ1n) is 5.51. The third-order valence-electron chi connectivity index (χ3n) is 2.78. The maximum Gasteiger partial charge on any atom is 0.268 e. The standard InChI is InChI=1S/C11H15FN4O/c1-15-4-6-16(7-5-15)14-11(17)9-2-3-13-8-10(9)12/h2-3,8H,4-7H2,1H3,(H,14,17). The van der Waals surface area contributed by atoms with Crippen molar-refractivity contribution in [2.75, 3.05) is 33.2 Å². The van der Waals surface area contributed by atoms with Gasteiger partial charge < -0.3 is 4.90 Å². The Labute approximate surface area is 99.2 Å². The van der Waals surface area contributed by atoms with Crippen molar-refractivity contribution in [3.8, 4) is 0 Å². The number of hydrogen-bond donors (Lipinski definition) is 1. The molecule has 6 heteroatoms. The molecule has 1 aliphatic rings. The fourth-order valence-electron chi connectivity index (χ4n) is 1.68. The summed E-state index contributed by atoms with van der Waals surface area (Å²) in [5.41, 5.74) is 2.72. The molecular weight excluding hydrogens is 223 g/mol. The van der Waals surface area contributed by atoms with Crippen LogP contribution in [0.15, 0.2) is 18.5 Å². The van der Waals surface area contributed by atoms with E-state index in [0.717, 1.165) is 32.4 Å². The summed E-state index contributed by atoms with van der Waals surface area (Å²) >= 11 is 0. The van der Waals surface area contributed by atoms with Crippen LogP contribution in [0.3, 0.4) is 0 Å². The molecule has 1 aromatic heterocycles. The van der Waals surface area contributed by atoms with Crippen LogP contribution in [0.1, 0.15) is 10.4 Å². The normalized spacial score (nSPS) is 18.0. The highest BCUT2D eigenvalue weighted by atomic mass is 19.1. The fraction of sp³-hybridized carbons (Fsp3) is 0.455. The Morgan fingerprint density at radius 2 is 2.12 bits per heavy atom. The average molecular weight is 238 g/mol. The molecule has 0 bridgehead atoms. The van der Waals surface area contributed by atoms with Crippen molar-refractivity contribution in [1.82, 2.24) is 20.3 Å². The molecule has 0 unspecified atom stereocenters. The molecule has 92 valence electrons. The molecule has 0 atom stereocenters. The summed E-state index contributed by atoms with van der Waals surface area (Å²) in [6.07, 6.45) is 2.45. The van der Waals surface area contributed by atoms with Crippen LogP contribution in [0.5, 0.6) is 0 Å². The van der Waals surface area contributed by atoms with E-state index >= 15 is 0 Å². The minimum absolute atomic E-state index is 0.0268. The summed E-state index contributed by atoms with van der Waals surface area (Å²) < 4.78 is 13.3. The van der Waals surface area contributed by atoms with Crippen molar-refractivity contribution in [3.05, 3.63) is 29.8 Å². The van der Waals surface area contributed by atoms with Crippen molar-refractivity contribution in [3.63, 3.8) is 0 Å². The van der Waals surface area contributed by atoms with Gasteiger partial charge in [0.25, 0.3) is 5.91 Å². The first kappa shape index (κ1) is 11.9. The largest absolute Gasteiger partial charge is 0.304 e. The van der Waals surface area contributed by atoms with Crippen LogP contribution in [0.4, 0.5) is 4.39 Å². The van der Waals surface area contributed by atoms with E-state index in [2.05, 4.69) is 15.3 Å². The van der Waals surface area contributed by atoms with Crippen LogP contribution in [-0.4, -0.2) is 54.0 Å². The van der Waals surface area contributed by atoms with Crippen LogP contribution in [0.25, 0.3) is 0 Å². The van der Waals surface area contributed by atoms with E-state index in [1.54, 1.807) is 0 Å². The van der Waals surface area contributed by atoms with E-state index < -0.39 is 11.7 Å². The highest BCUT2D eigenvalue weighted by molar-refractivity contribution is 5.93. The third kappa shape index (κ3) is 2.98. The van der Waals surface area contributed by atoms with E-state index in [1.165, 1.54) is 12.3 Å². The van der Waals surface area contributed by atoms with Crippen molar-refractivity contribution >= 4 is 5.91 Å². The van der Waals surface area contributed by atoms with E-state index in [-0.39, 0.29) is 5.56 Å². The lowest BCUT2D eigenvalue weighted by Crippen LogP contribution is -2.52. The molecule has 1 amide bonds. The fourth-order valence-corrected chi connectivity index (χ4v) is 1.68. The number of hydrazine groups is 1. The second kappa shape index (κ2) is 5.20. The third-order valence-corrected chi connectivity index (χ3v) is 2.78. The Morgan fingerprint density at radius 1 is 1.41 bits per heavy atom. The van der Waals surface area contributed by atoms with Crippen LogP contribution in [0.2, 0.25) is 0 Å². The lowest BCUT2D eigenvalue weighted by Gasteiger charge is -2.32. The van der Waals surface area contributed by atoms with Gasteiger partial charge in [0.2, 0.25) is 0 Å². The van der Waals surface area contributed by atoms with Crippen molar-refractivity contribution in [2.24, 2.45) is 0 Å². The predicted octanol–water partition coefficient (Wildman–Crippen LogP) is 0.113. The first-order chi connectivity index (χ1) is 8.16. The van der Waals surface area contributed by atoms with Crippen LogP contribution < -0.4 is 5.43 Å². The van der Waals surface area contributed by atoms with Gasteiger partial charge in [0.15, 0.2) is 5.82 Å². The van der Waals surface area contributed by atoms with Crippen LogP contribution >= 0.6 is 0 Å². The SMILES string of the molecule is CN1CCN(NC(=O)c2ccncc2F)CC1. The van der Waals surface area contributed by atoms with E-state index in [0.29, 0.717) is 0 Å². The lowest BCUT2D eigenvalue weighted by atomic mass is 10.2. The Morgan fingerprint density at radius 3 is 2.76 bits per heavy atom. The number of rotatable bonds is 2. The summed E-state index contributed by atoms with van der Waals surface area (Å²) in [5, 5.41) is 1.81. The molecule has 0 aromatic carbocycles. The number of pyridine rings is 1.